The van der Waals surface area contributed by atoms with Crippen LogP contribution in [0.4, 0.5) is 13.2 Å². The van der Waals surface area contributed by atoms with Crippen LogP contribution in [0.1, 0.15) is 39.5 Å². The van der Waals surface area contributed by atoms with E-state index in [0.717, 1.165) is 12.8 Å². The first-order chi connectivity index (χ1) is 8.81. The summed E-state index contributed by atoms with van der Waals surface area (Å²) < 4.78 is 40.6. The minimum absolute atomic E-state index is 0.171. The number of hydrogen-bond acceptors (Lipinski definition) is 2. The van der Waals surface area contributed by atoms with Crippen molar-refractivity contribution in [3.8, 4) is 0 Å². The Kier molecular flexibility index (Phi) is 6.60. The van der Waals surface area contributed by atoms with Crippen molar-refractivity contribution in [2.24, 2.45) is 17.8 Å². The largest absolute Gasteiger partial charge is 0.411 e. The van der Waals surface area contributed by atoms with Crippen LogP contribution in [0.3, 0.4) is 0 Å². The predicted molar refractivity (Wildman–Crippen MR) is 70.0 cm³/mol. The summed E-state index contributed by atoms with van der Waals surface area (Å²) in [6.07, 6.45) is 0.0153. The lowest BCUT2D eigenvalue weighted by Crippen LogP contribution is -2.38. The van der Waals surface area contributed by atoms with Gasteiger partial charge in [-0.2, -0.15) is 13.2 Å². The van der Waals surface area contributed by atoms with Gasteiger partial charge in [0.1, 0.15) is 6.61 Å². The Labute approximate surface area is 114 Å². The second-order valence-corrected chi connectivity index (χ2v) is 6.03. The zero-order chi connectivity index (χ0) is 14.5. The van der Waals surface area contributed by atoms with Crippen LogP contribution in [-0.4, -0.2) is 32.5 Å². The van der Waals surface area contributed by atoms with E-state index in [1.165, 1.54) is 6.42 Å². The van der Waals surface area contributed by atoms with Crippen molar-refractivity contribution in [3.05, 3.63) is 0 Å². The topological polar surface area (TPSA) is 21.3 Å². The van der Waals surface area contributed by atoms with Crippen LogP contribution in [0, 0.1) is 17.8 Å². The van der Waals surface area contributed by atoms with Crippen molar-refractivity contribution < 1.29 is 17.9 Å². The Morgan fingerprint density at radius 2 is 1.74 bits per heavy atom. The highest BCUT2D eigenvalue weighted by molar-refractivity contribution is 4.83. The maximum Gasteiger partial charge on any atom is 0.411 e. The van der Waals surface area contributed by atoms with Gasteiger partial charge in [0.2, 0.25) is 0 Å². The smallest absolute Gasteiger partial charge is 0.372 e. The molecule has 0 aliphatic heterocycles. The van der Waals surface area contributed by atoms with Crippen molar-refractivity contribution in [1.82, 2.24) is 5.32 Å². The Balaban J connectivity index is 2.32. The molecule has 0 bridgehead atoms. The summed E-state index contributed by atoms with van der Waals surface area (Å²) in [6.45, 7) is 3.55. The van der Waals surface area contributed by atoms with Crippen LogP contribution in [0.15, 0.2) is 0 Å². The van der Waals surface area contributed by atoms with Gasteiger partial charge < -0.3 is 10.1 Å². The molecule has 0 saturated heterocycles. The van der Waals surface area contributed by atoms with E-state index in [9.17, 15) is 13.2 Å². The molecule has 114 valence electrons. The van der Waals surface area contributed by atoms with Crippen LogP contribution in [0.5, 0.6) is 0 Å². The molecule has 0 aromatic heterocycles. The van der Waals surface area contributed by atoms with Gasteiger partial charge in [-0.3, -0.25) is 0 Å². The molecule has 1 aliphatic carbocycles. The third-order valence-corrected chi connectivity index (χ3v) is 3.99. The molecule has 0 aromatic rings. The predicted octanol–water partition coefficient (Wildman–Crippen LogP) is 3.62. The lowest BCUT2D eigenvalue weighted by atomic mass is 9.73. The number of alkyl halides is 3. The molecule has 0 amide bonds. The monoisotopic (exact) mass is 281 g/mol. The van der Waals surface area contributed by atoms with E-state index < -0.39 is 12.8 Å². The van der Waals surface area contributed by atoms with Gasteiger partial charge in [-0.05, 0) is 50.5 Å². The molecule has 0 spiro atoms. The minimum Gasteiger partial charge on any atom is -0.372 e. The lowest BCUT2D eigenvalue weighted by molar-refractivity contribution is -0.174. The SMILES string of the molecule is CNC(CCOCC(F)(F)F)C1CC(C)CC(C)C1. The molecule has 5 heteroatoms. The molecule has 1 fully saturated rings. The van der Waals surface area contributed by atoms with Crippen molar-refractivity contribution in [2.45, 2.75) is 51.7 Å². The second kappa shape index (κ2) is 7.48. The van der Waals surface area contributed by atoms with Gasteiger partial charge >= 0.3 is 6.18 Å². The van der Waals surface area contributed by atoms with E-state index in [1.807, 2.05) is 7.05 Å². The first-order valence-electron chi connectivity index (χ1n) is 7.13. The van der Waals surface area contributed by atoms with E-state index in [2.05, 4.69) is 19.2 Å². The summed E-state index contributed by atoms with van der Waals surface area (Å²) in [5.41, 5.74) is 0. The van der Waals surface area contributed by atoms with Crippen molar-refractivity contribution >= 4 is 0 Å². The molecule has 19 heavy (non-hydrogen) atoms. The molecule has 2 nitrogen and oxygen atoms in total. The van der Waals surface area contributed by atoms with E-state index in [0.29, 0.717) is 24.2 Å². The minimum atomic E-state index is -4.22. The first kappa shape index (κ1) is 16.8. The highest BCUT2D eigenvalue weighted by atomic mass is 19.4. The molecule has 1 aliphatic rings. The van der Waals surface area contributed by atoms with E-state index in [-0.39, 0.29) is 12.6 Å². The van der Waals surface area contributed by atoms with Gasteiger partial charge in [0.15, 0.2) is 0 Å². The molecule has 1 saturated carbocycles. The van der Waals surface area contributed by atoms with Crippen molar-refractivity contribution in [1.29, 1.82) is 0 Å². The van der Waals surface area contributed by atoms with Gasteiger partial charge in [0, 0.05) is 12.6 Å². The average Bonchev–Trinajstić information content (AvgIpc) is 2.26. The lowest BCUT2D eigenvalue weighted by Gasteiger charge is -2.36. The van der Waals surface area contributed by atoms with Crippen LogP contribution in [0.2, 0.25) is 0 Å². The number of nitrogens with one attached hydrogen (secondary N) is 1. The molecule has 1 rings (SSSR count). The normalized spacial score (nSPS) is 30.3. The van der Waals surface area contributed by atoms with Gasteiger partial charge in [0.05, 0.1) is 0 Å². The van der Waals surface area contributed by atoms with E-state index >= 15 is 0 Å². The summed E-state index contributed by atoms with van der Waals surface area (Å²) in [7, 11) is 1.89. The Morgan fingerprint density at radius 1 is 1.16 bits per heavy atom. The molecule has 0 aromatic carbocycles. The fraction of sp³-hybridized carbons (Fsp3) is 1.00. The van der Waals surface area contributed by atoms with Crippen molar-refractivity contribution in [3.63, 3.8) is 0 Å². The van der Waals surface area contributed by atoms with Crippen LogP contribution in [0.25, 0.3) is 0 Å². The van der Waals surface area contributed by atoms with Crippen LogP contribution >= 0.6 is 0 Å². The molecule has 1 N–H and O–H groups in total. The third-order valence-electron chi connectivity index (χ3n) is 3.99. The first-order valence-corrected chi connectivity index (χ1v) is 7.13. The Morgan fingerprint density at radius 3 is 2.21 bits per heavy atom. The van der Waals surface area contributed by atoms with Gasteiger partial charge in [-0.1, -0.05) is 13.8 Å². The molecular formula is C14H26F3NO. The fourth-order valence-corrected chi connectivity index (χ4v) is 3.35. The number of ether oxygens (including phenoxy) is 1. The Hall–Kier alpha value is -0.290. The summed E-state index contributed by atoms with van der Waals surface area (Å²) in [6, 6.07) is 0.262. The van der Waals surface area contributed by atoms with E-state index in [1.54, 1.807) is 0 Å². The average molecular weight is 281 g/mol. The highest BCUT2D eigenvalue weighted by Crippen LogP contribution is 2.35. The zero-order valence-corrected chi connectivity index (χ0v) is 12.1. The quantitative estimate of drug-likeness (QED) is 0.751. The molecule has 0 heterocycles. The number of rotatable bonds is 6. The number of hydrogen-bond donors (Lipinski definition) is 1. The van der Waals surface area contributed by atoms with Crippen LogP contribution < -0.4 is 5.32 Å². The highest BCUT2D eigenvalue weighted by Gasteiger charge is 2.30. The van der Waals surface area contributed by atoms with Gasteiger partial charge in [-0.25, -0.2) is 0 Å². The third kappa shape index (κ3) is 6.61. The summed E-state index contributed by atoms with van der Waals surface area (Å²) in [5.74, 6) is 1.97. The Bertz CT molecular complexity index is 248. The molecular weight excluding hydrogens is 255 g/mol. The zero-order valence-electron chi connectivity index (χ0n) is 12.1. The standard InChI is InChI=1S/C14H26F3NO/c1-10-6-11(2)8-12(7-10)13(18-3)4-5-19-9-14(15,16)17/h10-13,18H,4-9H2,1-3H3. The van der Waals surface area contributed by atoms with Gasteiger partial charge in [-0.15, -0.1) is 0 Å². The second-order valence-electron chi connectivity index (χ2n) is 6.03. The summed E-state index contributed by atoms with van der Waals surface area (Å²) in [5, 5.41) is 3.25. The molecule has 0 radical (unpaired) electrons. The van der Waals surface area contributed by atoms with E-state index in [4.69, 9.17) is 4.74 Å². The summed E-state index contributed by atoms with van der Waals surface area (Å²) >= 11 is 0. The van der Waals surface area contributed by atoms with Crippen molar-refractivity contribution in [2.75, 3.05) is 20.3 Å². The van der Waals surface area contributed by atoms with Crippen LogP contribution in [-0.2, 0) is 4.74 Å². The summed E-state index contributed by atoms with van der Waals surface area (Å²) in [4.78, 5) is 0. The molecule has 3 unspecified atom stereocenters. The maximum absolute atomic E-state index is 12.0. The molecule has 3 atom stereocenters. The van der Waals surface area contributed by atoms with Gasteiger partial charge in [0.25, 0.3) is 0 Å². The fourth-order valence-electron chi connectivity index (χ4n) is 3.35. The maximum atomic E-state index is 12.0. The number of halogens is 3.